The van der Waals surface area contributed by atoms with Crippen molar-refractivity contribution in [3.05, 3.63) is 29.3 Å². The zero-order valence-corrected chi connectivity index (χ0v) is 14.3. The minimum absolute atomic E-state index is 0.375. The van der Waals surface area contributed by atoms with E-state index in [0.717, 1.165) is 23.6 Å². The van der Waals surface area contributed by atoms with Crippen LogP contribution < -0.4 is 9.62 Å². The Morgan fingerprint density at radius 3 is 2.92 bits per heavy atom. The molecule has 128 valence electrons. The van der Waals surface area contributed by atoms with Crippen molar-refractivity contribution in [1.82, 2.24) is 24.9 Å². The molecule has 4 rings (SSSR count). The van der Waals surface area contributed by atoms with Gasteiger partial charge in [0, 0.05) is 19.6 Å². The highest BCUT2D eigenvalue weighted by molar-refractivity contribution is 7.89. The van der Waals surface area contributed by atoms with E-state index in [1.54, 1.807) is 12.1 Å². The number of benzene rings is 1. The number of anilines is 1. The van der Waals surface area contributed by atoms with Crippen molar-refractivity contribution >= 4 is 16.0 Å². The van der Waals surface area contributed by atoms with Crippen LogP contribution in [0.2, 0.25) is 0 Å². The predicted molar refractivity (Wildman–Crippen MR) is 88.0 cm³/mol. The third-order valence-corrected chi connectivity index (χ3v) is 6.20. The largest absolute Gasteiger partial charge is 0.335 e. The molecule has 1 fully saturated rings. The number of nitrogens with zero attached hydrogens (tertiary/aromatic N) is 5. The zero-order valence-electron chi connectivity index (χ0n) is 13.5. The number of fused-ring (bicyclic) bond motifs is 1. The van der Waals surface area contributed by atoms with Gasteiger partial charge in [0.25, 0.3) is 0 Å². The molecule has 0 unspecified atom stereocenters. The Bertz CT molecular complexity index is 859. The quantitative estimate of drug-likeness (QED) is 0.848. The number of tetrazole rings is 1. The Hall–Kier alpha value is -2.00. The maximum absolute atomic E-state index is 12.2. The number of nitrogens with one attached hydrogen (secondary N) is 1. The van der Waals surface area contributed by atoms with E-state index in [-0.39, 0.29) is 0 Å². The highest BCUT2D eigenvalue weighted by atomic mass is 32.2. The average Bonchev–Trinajstić information content (AvgIpc) is 3.29. The Labute approximate surface area is 140 Å². The lowest BCUT2D eigenvalue weighted by atomic mass is 10.00. The second-order valence-corrected chi connectivity index (χ2v) is 8.23. The van der Waals surface area contributed by atoms with Crippen LogP contribution in [0.3, 0.4) is 0 Å². The SMILES string of the molecule is CNS(=O)(=O)c1cccc2c1CCN(c1nnnn1CC1CC1)C2. The fourth-order valence-corrected chi connectivity index (χ4v) is 4.23. The normalized spacial score (nSPS) is 17.8. The van der Waals surface area contributed by atoms with Crippen LogP contribution in [0.4, 0.5) is 5.95 Å². The molecule has 24 heavy (non-hydrogen) atoms. The van der Waals surface area contributed by atoms with Crippen molar-refractivity contribution in [1.29, 1.82) is 0 Å². The lowest BCUT2D eigenvalue weighted by molar-refractivity contribution is 0.532. The monoisotopic (exact) mass is 348 g/mol. The van der Waals surface area contributed by atoms with Gasteiger partial charge in [-0.25, -0.2) is 17.8 Å². The first-order chi connectivity index (χ1) is 11.6. The van der Waals surface area contributed by atoms with Crippen molar-refractivity contribution in [2.45, 2.75) is 37.2 Å². The molecular weight excluding hydrogens is 328 g/mol. The van der Waals surface area contributed by atoms with Crippen molar-refractivity contribution in [2.24, 2.45) is 5.92 Å². The topological polar surface area (TPSA) is 93.0 Å². The third kappa shape index (κ3) is 2.78. The zero-order chi connectivity index (χ0) is 16.7. The summed E-state index contributed by atoms with van der Waals surface area (Å²) in [6.45, 7) is 2.18. The highest BCUT2D eigenvalue weighted by Gasteiger charge is 2.28. The first-order valence-electron chi connectivity index (χ1n) is 8.14. The van der Waals surface area contributed by atoms with E-state index in [0.29, 0.717) is 30.3 Å². The molecular formula is C15H20N6O2S. The first kappa shape index (κ1) is 15.5. The lowest BCUT2D eigenvalue weighted by Crippen LogP contribution is -2.34. The molecule has 2 aromatic rings. The molecule has 1 N–H and O–H groups in total. The van der Waals surface area contributed by atoms with E-state index in [9.17, 15) is 8.42 Å². The summed E-state index contributed by atoms with van der Waals surface area (Å²) in [6, 6.07) is 5.43. The summed E-state index contributed by atoms with van der Waals surface area (Å²) >= 11 is 0. The maximum atomic E-state index is 12.2. The molecule has 0 saturated heterocycles. The van der Waals surface area contributed by atoms with E-state index in [1.807, 2.05) is 10.7 Å². The Morgan fingerprint density at radius 1 is 1.33 bits per heavy atom. The van der Waals surface area contributed by atoms with E-state index < -0.39 is 10.0 Å². The Morgan fingerprint density at radius 2 is 2.17 bits per heavy atom. The minimum Gasteiger partial charge on any atom is -0.335 e. The number of aromatic nitrogens is 4. The van der Waals surface area contributed by atoms with Gasteiger partial charge in [0.2, 0.25) is 16.0 Å². The van der Waals surface area contributed by atoms with Crippen molar-refractivity contribution in [2.75, 3.05) is 18.5 Å². The highest BCUT2D eigenvalue weighted by Crippen LogP contribution is 2.32. The second-order valence-electron chi connectivity index (χ2n) is 6.38. The van der Waals surface area contributed by atoms with Gasteiger partial charge in [-0.2, -0.15) is 0 Å². The van der Waals surface area contributed by atoms with Crippen LogP contribution in [0.5, 0.6) is 0 Å². The van der Waals surface area contributed by atoms with Crippen LogP contribution >= 0.6 is 0 Å². The number of rotatable bonds is 5. The van der Waals surface area contributed by atoms with Crippen LogP contribution in [0, 0.1) is 5.92 Å². The number of sulfonamides is 1. The molecule has 2 aliphatic rings. The van der Waals surface area contributed by atoms with Crippen LogP contribution in [0.25, 0.3) is 0 Å². The van der Waals surface area contributed by atoms with Gasteiger partial charge in [0.05, 0.1) is 4.90 Å². The molecule has 1 saturated carbocycles. The number of hydrogen-bond acceptors (Lipinski definition) is 6. The van der Waals surface area contributed by atoms with Crippen molar-refractivity contribution in [3.8, 4) is 0 Å². The molecule has 0 amide bonds. The summed E-state index contributed by atoms with van der Waals surface area (Å²) in [6.07, 6.45) is 3.14. The molecule has 0 bridgehead atoms. The summed E-state index contributed by atoms with van der Waals surface area (Å²) in [5, 5.41) is 12.1. The Balaban J connectivity index is 1.63. The molecule has 1 aliphatic heterocycles. The van der Waals surface area contributed by atoms with Crippen molar-refractivity contribution in [3.63, 3.8) is 0 Å². The molecule has 0 atom stereocenters. The summed E-state index contributed by atoms with van der Waals surface area (Å²) in [5.74, 6) is 1.46. The van der Waals surface area contributed by atoms with Gasteiger partial charge in [-0.05, 0) is 59.8 Å². The van der Waals surface area contributed by atoms with E-state index in [2.05, 4.69) is 25.1 Å². The minimum atomic E-state index is -3.44. The molecule has 1 aromatic carbocycles. The summed E-state index contributed by atoms with van der Waals surface area (Å²) in [4.78, 5) is 2.50. The molecule has 0 spiro atoms. The van der Waals surface area contributed by atoms with Crippen molar-refractivity contribution < 1.29 is 8.42 Å². The molecule has 8 nitrogen and oxygen atoms in total. The molecule has 2 heterocycles. The smallest absolute Gasteiger partial charge is 0.245 e. The molecule has 1 aromatic heterocycles. The first-order valence-corrected chi connectivity index (χ1v) is 9.62. The fourth-order valence-electron chi connectivity index (χ4n) is 3.20. The van der Waals surface area contributed by atoms with Gasteiger partial charge in [-0.15, -0.1) is 0 Å². The lowest BCUT2D eigenvalue weighted by Gasteiger charge is -2.30. The van der Waals surface area contributed by atoms with Gasteiger partial charge in [-0.3, -0.25) is 0 Å². The van der Waals surface area contributed by atoms with Gasteiger partial charge in [0.1, 0.15) is 0 Å². The third-order valence-electron chi connectivity index (χ3n) is 4.71. The van der Waals surface area contributed by atoms with Gasteiger partial charge < -0.3 is 4.90 Å². The standard InChI is InChI=1S/C15H20N6O2S/c1-16-24(22,23)14-4-2-3-12-10-20(8-7-13(12)14)15-17-18-19-21(15)9-11-5-6-11/h2-4,11,16H,5-10H2,1H3. The van der Waals surface area contributed by atoms with Crippen LogP contribution in [-0.2, 0) is 29.5 Å². The van der Waals surface area contributed by atoms with Crippen LogP contribution in [0.1, 0.15) is 24.0 Å². The molecule has 9 heteroatoms. The second kappa shape index (κ2) is 5.82. The van der Waals surface area contributed by atoms with Crippen LogP contribution in [0.15, 0.2) is 23.1 Å². The summed E-state index contributed by atoms with van der Waals surface area (Å²) < 4.78 is 28.7. The van der Waals surface area contributed by atoms with Crippen LogP contribution in [-0.4, -0.2) is 42.2 Å². The van der Waals surface area contributed by atoms with E-state index in [4.69, 9.17) is 0 Å². The summed E-state index contributed by atoms with van der Waals surface area (Å²) in [7, 11) is -2.00. The Kier molecular flexibility index (Phi) is 3.76. The number of hydrogen-bond donors (Lipinski definition) is 1. The fraction of sp³-hybridized carbons (Fsp3) is 0.533. The predicted octanol–water partition coefficient (Wildman–Crippen LogP) is 0.554. The van der Waals surface area contributed by atoms with Gasteiger partial charge >= 0.3 is 0 Å². The average molecular weight is 348 g/mol. The van der Waals surface area contributed by atoms with Gasteiger partial charge in [0.15, 0.2) is 0 Å². The van der Waals surface area contributed by atoms with E-state index >= 15 is 0 Å². The maximum Gasteiger partial charge on any atom is 0.245 e. The molecule has 1 aliphatic carbocycles. The summed E-state index contributed by atoms with van der Waals surface area (Å²) in [5.41, 5.74) is 1.91. The molecule has 0 radical (unpaired) electrons. The van der Waals surface area contributed by atoms with Gasteiger partial charge in [-0.1, -0.05) is 17.2 Å². The van der Waals surface area contributed by atoms with E-state index in [1.165, 1.54) is 19.9 Å².